The van der Waals surface area contributed by atoms with E-state index >= 15 is 0 Å². The number of nitrogens with one attached hydrogen (secondary N) is 2. The molecule has 1 fully saturated rings. The van der Waals surface area contributed by atoms with Gasteiger partial charge < -0.3 is 15.4 Å². The Morgan fingerprint density at radius 3 is 2.73 bits per heavy atom. The zero-order valence-corrected chi connectivity index (χ0v) is 14.3. The molecule has 4 rings (SSSR count). The first kappa shape index (κ1) is 16.3. The molecule has 1 saturated heterocycles. The van der Waals surface area contributed by atoms with Gasteiger partial charge in [-0.3, -0.25) is 10.5 Å². The Morgan fingerprint density at radius 1 is 1.12 bits per heavy atom. The van der Waals surface area contributed by atoms with Crippen LogP contribution in [0.1, 0.15) is 11.1 Å². The van der Waals surface area contributed by atoms with Crippen LogP contribution in [0.3, 0.4) is 0 Å². The molecule has 0 aliphatic carbocycles. The molecule has 26 heavy (non-hydrogen) atoms. The topological polar surface area (TPSA) is 104 Å². The molecule has 7 heteroatoms. The van der Waals surface area contributed by atoms with Crippen molar-refractivity contribution in [3.8, 4) is 11.3 Å². The van der Waals surface area contributed by atoms with E-state index in [-0.39, 0.29) is 0 Å². The molecular formula is C19H20N6O. The number of aromatic nitrogens is 3. The highest BCUT2D eigenvalue weighted by Crippen LogP contribution is 2.25. The largest absolute Gasteiger partial charge is 0.398 e. The van der Waals surface area contributed by atoms with Crippen LogP contribution in [0.25, 0.3) is 11.3 Å². The first-order chi connectivity index (χ1) is 12.7. The molecule has 0 amide bonds. The van der Waals surface area contributed by atoms with Crippen molar-refractivity contribution >= 4 is 17.2 Å². The van der Waals surface area contributed by atoms with Gasteiger partial charge in [0, 0.05) is 47.9 Å². The van der Waals surface area contributed by atoms with Crippen LogP contribution in [0, 0.1) is 5.41 Å². The predicted molar refractivity (Wildman–Crippen MR) is 102 cm³/mol. The van der Waals surface area contributed by atoms with Crippen molar-refractivity contribution in [2.24, 2.45) is 0 Å². The van der Waals surface area contributed by atoms with Crippen molar-refractivity contribution in [1.29, 1.82) is 5.41 Å². The van der Waals surface area contributed by atoms with Gasteiger partial charge in [0.25, 0.3) is 0 Å². The fourth-order valence-electron chi connectivity index (χ4n) is 3.05. The van der Waals surface area contributed by atoms with Gasteiger partial charge in [0.05, 0.1) is 24.6 Å². The van der Waals surface area contributed by atoms with E-state index in [9.17, 15) is 0 Å². The van der Waals surface area contributed by atoms with Crippen molar-refractivity contribution in [2.45, 2.75) is 0 Å². The molecule has 0 atom stereocenters. The normalized spacial score (nSPS) is 14.4. The second kappa shape index (κ2) is 6.97. The molecule has 3 aromatic rings. The number of anilines is 2. The van der Waals surface area contributed by atoms with E-state index < -0.39 is 0 Å². The molecule has 1 aliphatic rings. The maximum absolute atomic E-state index is 8.67. The summed E-state index contributed by atoms with van der Waals surface area (Å²) in [6, 6.07) is 11.3. The SMILES string of the molecule is N=C(c1ccnc(N2CCOCC2)c1)c1cc(-c2ccn[nH]2)ccc1N. The van der Waals surface area contributed by atoms with Crippen molar-refractivity contribution in [3.63, 3.8) is 0 Å². The van der Waals surface area contributed by atoms with Crippen LogP contribution in [0.4, 0.5) is 11.5 Å². The summed E-state index contributed by atoms with van der Waals surface area (Å²) in [5, 5.41) is 15.6. The van der Waals surface area contributed by atoms with Crippen molar-refractivity contribution < 1.29 is 4.74 Å². The molecule has 0 bridgehead atoms. The number of H-pyrrole nitrogens is 1. The summed E-state index contributed by atoms with van der Waals surface area (Å²) in [4.78, 5) is 6.62. The Balaban J connectivity index is 1.66. The Morgan fingerprint density at radius 2 is 1.96 bits per heavy atom. The highest BCUT2D eigenvalue weighted by molar-refractivity contribution is 6.14. The third-order valence-corrected chi connectivity index (χ3v) is 4.50. The number of benzene rings is 1. The van der Waals surface area contributed by atoms with Crippen molar-refractivity contribution in [1.82, 2.24) is 15.2 Å². The van der Waals surface area contributed by atoms with Gasteiger partial charge in [-0.25, -0.2) is 4.98 Å². The minimum Gasteiger partial charge on any atom is -0.398 e. The van der Waals surface area contributed by atoms with Crippen LogP contribution in [0.2, 0.25) is 0 Å². The van der Waals surface area contributed by atoms with Crippen LogP contribution >= 0.6 is 0 Å². The molecular weight excluding hydrogens is 328 g/mol. The molecule has 7 nitrogen and oxygen atoms in total. The molecule has 3 heterocycles. The van der Waals surface area contributed by atoms with Gasteiger partial charge in [-0.05, 0) is 30.3 Å². The molecule has 4 N–H and O–H groups in total. The zero-order valence-electron chi connectivity index (χ0n) is 14.3. The van der Waals surface area contributed by atoms with Crippen LogP contribution in [-0.2, 0) is 4.74 Å². The third-order valence-electron chi connectivity index (χ3n) is 4.50. The van der Waals surface area contributed by atoms with Crippen LogP contribution in [0.5, 0.6) is 0 Å². The van der Waals surface area contributed by atoms with E-state index in [2.05, 4.69) is 20.1 Å². The van der Waals surface area contributed by atoms with Crippen molar-refractivity contribution in [3.05, 3.63) is 59.9 Å². The quantitative estimate of drug-likeness (QED) is 0.496. The van der Waals surface area contributed by atoms with Gasteiger partial charge in [-0.1, -0.05) is 6.07 Å². The van der Waals surface area contributed by atoms with Gasteiger partial charge in [-0.2, -0.15) is 5.10 Å². The number of aromatic amines is 1. The smallest absolute Gasteiger partial charge is 0.129 e. The number of pyridine rings is 1. The summed E-state index contributed by atoms with van der Waals surface area (Å²) >= 11 is 0. The lowest BCUT2D eigenvalue weighted by Gasteiger charge is -2.28. The van der Waals surface area contributed by atoms with Gasteiger partial charge in [0.2, 0.25) is 0 Å². The average molecular weight is 348 g/mol. The Bertz CT molecular complexity index is 916. The van der Waals surface area contributed by atoms with Crippen LogP contribution < -0.4 is 10.6 Å². The molecule has 0 spiro atoms. The number of hydrogen-bond donors (Lipinski definition) is 3. The molecule has 0 saturated carbocycles. The Labute approximate surface area is 151 Å². The highest BCUT2D eigenvalue weighted by atomic mass is 16.5. The predicted octanol–water partition coefficient (Wildman–Crippen LogP) is 2.31. The lowest BCUT2D eigenvalue weighted by atomic mass is 9.98. The number of nitrogens with two attached hydrogens (primary N) is 1. The minimum atomic E-state index is 0.376. The number of ether oxygens (including phenoxy) is 1. The average Bonchev–Trinajstić information content (AvgIpc) is 3.23. The molecule has 2 aromatic heterocycles. The summed E-state index contributed by atoms with van der Waals surface area (Å²) in [7, 11) is 0. The Kier molecular flexibility index (Phi) is 4.37. The number of nitrogen functional groups attached to an aromatic ring is 1. The fraction of sp³-hybridized carbons (Fsp3) is 0.211. The first-order valence-electron chi connectivity index (χ1n) is 8.50. The molecule has 0 unspecified atom stereocenters. The molecule has 132 valence electrons. The zero-order chi connectivity index (χ0) is 17.9. The lowest BCUT2D eigenvalue weighted by Crippen LogP contribution is -2.36. The van der Waals surface area contributed by atoms with Crippen LogP contribution in [-0.4, -0.2) is 47.2 Å². The maximum Gasteiger partial charge on any atom is 0.129 e. The van der Waals surface area contributed by atoms with E-state index in [4.69, 9.17) is 15.9 Å². The maximum atomic E-state index is 8.67. The number of nitrogens with zero attached hydrogens (tertiary/aromatic N) is 3. The summed E-state index contributed by atoms with van der Waals surface area (Å²) < 4.78 is 5.40. The third kappa shape index (κ3) is 3.16. The van der Waals surface area contributed by atoms with E-state index in [1.54, 1.807) is 12.4 Å². The van der Waals surface area contributed by atoms with E-state index in [1.165, 1.54) is 0 Å². The molecule has 0 radical (unpaired) electrons. The molecule has 1 aliphatic heterocycles. The number of morpholine rings is 1. The lowest BCUT2D eigenvalue weighted by molar-refractivity contribution is 0.122. The monoisotopic (exact) mass is 348 g/mol. The van der Waals surface area contributed by atoms with E-state index in [0.717, 1.165) is 35.7 Å². The van der Waals surface area contributed by atoms with Gasteiger partial charge in [0.1, 0.15) is 5.82 Å². The molecule has 1 aromatic carbocycles. The van der Waals surface area contributed by atoms with Crippen molar-refractivity contribution in [2.75, 3.05) is 36.9 Å². The summed E-state index contributed by atoms with van der Waals surface area (Å²) in [6.07, 6.45) is 3.44. The minimum absolute atomic E-state index is 0.376. The second-order valence-electron chi connectivity index (χ2n) is 6.15. The van der Waals surface area contributed by atoms with Gasteiger partial charge >= 0.3 is 0 Å². The standard InChI is InChI=1S/C19H20N6O/c20-16-2-1-13(17-4-6-23-24-17)11-15(16)19(21)14-3-5-22-18(12-14)25-7-9-26-10-8-25/h1-6,11-12,21H,7-10,20H2,(H,23,24). The van der Waals surface area contributed by atoms with E-state index in [0.29, 0.717) is 30.2 Å². The second-order valence-corrected chi connectivity index (χ2v) is 6.15. The van der Waals surface area contributed by atoms with Gasteiger partial charge in [0.15, 0.2) is 0 Å². The number of hydrogen-bond acceptors (Lipinski definition) is 6. The number of rotatable bonds is 4. The summed E-state index contributed by atoms with van der Waals surface area (Å²) in [5.74, 6) is 0.860. The Hall–Kier alpha value is -3.19. The van der Waals surface area contributed by atoms with E-state index in [1.807, 2.05) is 36.4 Å². The van der Waals surface area contributed by atoms with Gasteiger partial charge in [-0.15, -0.1) is 0 Å². The fourth-order valence-corrected chi connectivity index (χ4v) is 3.05. The highest BCUT2D eigenvalue weighted by Gasteiger charge is 2.15. The summed E-state index contributed by atoms with van der Waals surface area (Å²) in [6.45, 7) is 3.01. The summed E-state index contributed by atoms with van der Waals surface area (Å²) in [5.41, 5.74) is 10.4. The first-order valence-corrected chi connectivity index (χ1v) is 8.50. The van der Waals surface area contributed by atoms with Crippen LogP contribution in [0.15, 0.2) is 48.8 Å².